The van der Waals surface area contributed by atoms with E-state index >= 15 is 13.2 Å². The van der Waals surface area contributed by atoms with Crippen LogP contribution in [0.5, 0.6) is 11.5 Å². The lowest BCUT2D eigenvalue weighted by Crippen LogP contribution is -2.64. The van der Waals surface area contributed by atoms with E-state index in [4.69, 9.17) is 37.4 Å². The minimum absolute atomic E-state index is 0.213. The van der Waals surface area contributed by atoms with E-state index in [-0.39, 0.29) is 11.6 Å². The third-order valence-corrected chi connectivity index (χ3v) is 9.71. The van der Waals surface area contributed by atoms with Crippen LogP contribution in [0.2, 0.25) is 10.0 Å². The molecule has 5 aromatic carbocycles. The van der Waals surface area contributed by atoms with Crippen molar-refractivity contribution in [2.75, 3.05) is 14.2 Å². The van der Waals surface area contributed by atoms with Crippen molar-refractivity contribution >= 4 is 29.2 Å². The van der Waals surface area contributed by atoms with Crippen molar-refractivity contribution in [3.05, 3.63) is 153 Å². The molecular formula is C40H35Cl2F3N2O3. The Morgan fingerprint density at radius 3 is 1.72 bits per heavy atom. The van der Waals surface area contributed by atoms with Crippen LogP contribution in [0.4, 0.5) is 13.2 Å². The maximum Gasteiger partial charge on any atom is 0.315 e. The monoisotopic (exact) mass is 718 g/mol. The molecule has 1 atom stereocenters. The molecule has 0 saturated carbocycles. The number of nitrogens with zero attached hydrogens (tertiary/aromatic N) is 1. The van der Waals surface area contributed by atoms with Gasteiger partial charge in [-0.2, -0.15) is 8.78 Å². The number of hydrogen-bond donors (Lipinski definition) is 1. The summed E-state index contributed by atoms with van der Waals surface area (Å²) in [5, 5.41) is 4.14. The average Bonchev–Trinajstić information content (AvgIpc) is 3.10. The Balaban J connectivity index is 1.56. The van der Waals surface area contributed by atoms with Gasteiger partial charge in [-0.15, -0.1) is 0 Å². The molecule has 1 N–H and O–H groups in total. The molecule has 10 heteroatoms. The number of alkyl halides is 2. The lowest BCUT2D eigenvalue weighted by molar-refractivity contribution is -0.217. The number of benzene rings is 5. The van der Waals surface area contributed by atoms with E-state index in [0.717, 1.165) is 22.8 Å². The lowest BCUT2D eigenvalue weighted by Gasteiger charge is -2.49. The zero-order valence-corrected chi connectivity index (χ0v) is 29.5. The number of ether oxygens (including phenoxy) is 3. The van der Waals surface area contributed by atoms with Crippen LogP contribution in [0.15, 0.2) is 120 Å². The Labute approximate surface area is 299 Å². The van der Waals surface area contributed by atoms with Crippen molar-refractivity contribution < 1.29 is 27.4 Å². The minimum Gasteiger partial charge on any atom is -0.497 e. The Morgan fingerprint density at radius 2 is 1.20 bits per heavy atom. The summed E-state index contributed by atoms with van der Waals surface area (Å²) < 4.78 is 66.7. The van der Waals surface area contributed by atoms with Gasteiger partial charge in [-0.05, 0) is 103 Å². The van der Waals surface area contributed by atoms with Gasteiger partial charge in [0.1, 0.15) is 28.4 Å². The molecule has 5 aromatic rings. The van der Waals surface area contributed by atoms with Gasteiger partial charge in [-0.3, -0.25) is 0 Å². The number of hydrogen-bond acceptors (Lipinski definition) is 5. The molecule has 0 fully saturated rings. The first-order valence-electron chi connectivity index (χ1n) is 15.8. The quantitative estimate of drug-likeness (QED) is 0.162. The fourth-order valence-electron chi connectivity index (χ4n) is 6.50. The van der Waals surface area contributed by atoms with E-state index in [2.05, 4.69) is 10.3 Å². The predicted molar refractivity (Wildman–Crippen MR) is 192 cm³/mol. The molecule has 1 heterocycles. The van der Waals surface area contributed by atoms with Crippen molar-refractivity contribution in [3.63, 3.8) is 0 Å². The summed E-state index contributed by atoms with van der Waals surface area (Å²) >= 11 is 12.5. The second kappa shape index (κ2) is 13.2. The third kappa shape index (κ3) is 6.05. The van der Waals surface area contributed by atoms with Crippen LogP contribution >= 0.6 is 23.2 Å². The van der Waals surface area contributed by atoms with E-state index in [0.29, 0.717) is 32.7 Å². The Morgan fingerprint density at radius 1 is 0.680 bits per heavy atom. The highest BCUT2D eigenvalue weighted by atomic mass is 35.5. The van der Waals surface area contributed by atoms with E-state index < -0.39 is 28.4 Å². The Kier molecular flexibility index (Phi) is 9.31. The molecule has 258 valence electrons. The number of amidine groups is 1. The minimum atomic E-state index is -3.70. The lowest BCUT2D eigenvalue weighted by atomic mass is 9.76. The van der Waals surface area contributed by atoms with Gasteiger partial charge in [-0.25, -0.2) is 9.38 Å². The molecule has 5 nitrogen and oxygen atoms in total. The second-order valence-corrected chi connectivity index (χ2v) is 13.6. The molecule has 0 aromatic heterocycles. The van der Waals surface area contributed by atoms with Crippen LogP contribution in [-0.2, 0) is 15.9 Å². The topological polar surface area (TPSA) is 52.1 Å². The van der Waals surface area contributed by atoms with Crippen LogP contribution in [0.3, 0.4) is 0 Å². The largest absolute Gasteiger partial charge is 0.497 e. The first-order chi connectivity index (χ1) is 23.7. The average molecular weight is 720 g/mol. The third-order valence-electron chi connectivity index (χ3n) is 9.27. The summed E-state index contributed by atoms with van der Waals surface area (Å²) in [6, 6.07) is 32.8. The zero-order chi connectivity index (χ0) is 35.9. The standard InChI is InChI=1S/C40H35Cl2F3N2O3/c1-37(2)40(44,45)38(3,34-23-25(11-20-35(34)43)26-21-30(41)24-31(42)22-26)50-36(46-37)47-39(27-9-7-6-8-10-27,28-12-16-32(48-4)17-13-28)29-14-18-33(49-5)19-15-29/h6-24H,1-5H3,(H,46,47)/t38-/m1/s1. The van der Waals surface area contributed by atoms with Crippen LogP contribution in [0.1, 0.15) is 43.0 Å². The van der Waals surface area contributed by atoms with Crippen molar-refractivity contribution in [2.45, 2.75) is 43.4 Å². The van der Waals surface area contributed by atoms with E-state index in [1.807, 2.05) is 78.9 Å². The van der Waals surface area contributed by atoms with Gasteiger partial charge in [0.2, 0.25) is 5.60 Å². The molecule has 1 aliphatic heterocycles. The highest BCUT2D eigenvalue weighted by molar-refractivity contribution is 6.35. The second-order valence-electron chi connectivity index (χ2n) is 12.7. The molecule has 0 amide bonds. The van der Waals surface area contributed by atoms with Gasteiger partial charge < -0.3 is 19.5 Å². The molecule has 1 aliphatic rings. The number of aliphatic imine (C=N–C) groups is 1. The highest BCUT2D eigenvalue weighted by Gasteiger charge is 2.67. The van der Waals surface area contributed by atoms with Crippen LogP contribution in [-0.4, -0.2) is 31.7 Å². The van der Waals surface area contributed by atoms with E-state index in [9.17, 15) is 0 Å². The molecule has 0 aliphatic carbocycles. The number of halogens is 5. The van der Waals surface area contributed by atoms with Crippen LogP contribution in [0.25, 0.3) is 11.1 Å². The maximum atomic E-state index is 16.8. The SMILES string of the molecule is COc1ccc(C(NC2=NC(C)(C)C(F)(F)[C@@](C)(c3cc(-c4cc(Cl)cc(Cl)c4)ccc3F)O2)(c2ccccc2)c2ccc(OC)cc2)cc1. The summed E-state index contributed by atoms with van der Waals surface area (Å²) in [6.45, 7) is 3.79. The maximum absolute atomic E-state index is 16.8. The number of nitrogens with one attached hydrogen (secondary N) is 1. The molecular weight excluding hydrogens is 684 g/mol. The molecule has 6 rings (SSSR count). The van der Waals surface area contributed by atoms with Crippen molar-refractivity contribution in [1.82, 2.24) is 5.32 Å². The number of methoxy groups -OCH3 is 2. The molecule has 0 unspecified atom stereocenters. The van der Waals surface area contributed by atoms with Crippen molar-refractivity contribution in [1.29, 1.82) is 0 Å². The van der Waals surface area contributed by atoms with Gasteiger partial charge in [0.05, 0.1) is 14.2 Å². The van der Waals surface area contributed by atoms with Crippen molar-refractivity contribution in [3.8, 4) is 22.6 Å². The summed E-state index contributed by atoms with van der Waals surface area (Å²) in [6.07, 6.45) is 0. The predicted octanol–water partition coefficient (Wildman–Crippen LogP) is 10.4. The highest BCUT2D eigenvalue weighted by Crippen LogP contribution is 2.53. The smallest absolute Gasteiger partial charge is 0.315 e. The summed E-state index contributed by atoms with van der Waals surface area (Å²) in [7, 11) is 3.15. The molecule has 50 heavy (non-hydrogen) atoms. The Bertz CT molecular complexity index is 1970. The molecule has 0 spiro atoms. The summed E-state index contributed by atoms with van der Waals surface area (Å²) in [5.74, 6) is -3.32. The number of rotatable bonds is 8. The first-order valence-corrected chi connectivity index (χ1v) is 16.6. The Hall–Kier alpha value is -4.66. The van der Waals surface area contributed by atoms with Gasteiger partial charge in [0.25, 0.3) is 6.02 Å². The zero-order valence-electron chi connectivity index (χ0n) is 28.0. The fraction of sp³-hybridized carbons (Fsp3) is 0.225. The normalized spacial score (nSPS) is 18.1. The summed E-state index contributed by atoms with van der Waals surface area (Å²) in [4.78, 5) is 4.48. The van der Waals surface area contributed by atoms with E-state index in [1.54, 1.807) is 32.4 Å². The summed E-state index contributed by atoms with van der Waals surface area (Å²) in [5.41, 5.74) is -3.05. The van der Waals surface area contributed by atoms with Gasteiger partial charge in [-0.1, -0.05) is 83.9 Å². The molecule has 0 bridgehead atoms. The molecule has 0 saturated heterocycles. The van der Waals surface area contributed by atoms with Crippen molar-refractivity contribution in [2.24, 2.45) is 4.99 Å². The van der Waals surface area contributed by atoms with E-state index in [1.165, 1.54) is 32.9 Å². The van der Waals surface area contributed by atoms with Gasteiger partial charge in [0, 0.05) is 15.6 Å². The fourth-order valence-corrected chi connectivity index (χ4v) is 7.03. The van der Waals surface area contributed by atoms with Gasteiger partial charge >= 0.3 is 5.92 Å². The first kappa shape index (κ1) is 35.2. The van der Waals surface area contributed by atoms with Crippen LogP contribution < -0.4 is 14.8 Å². The van der Waals surface area contributed by atoms with Crippen LogP contribution in [0, 0.1) is 5.82 Å². The molecule has 0 radical (unpaired) electrons. The van der Waals surface area contributed by atoms with Gasteiger partial charge in [0.15, 0.2) is 0 Å².